The molecule has 2 saturated heterocycles. The van der Waals surface area contributed by atoms with Crippen LogP contribution in [-0.4, -0.2) is 73.2 Å². The van der Waals surface area contributed by atoms with Crippen LogP contribution in [0.5, 0.6) is 0 Å². The van der Waals surface area contributed by atoms with Gasteiger partial charge in [-0.15, -0.1) is 0 Å². The van der Waals surface area contributed by atoms with E-state index in [1.165, 1.54) is 0 Å². The van der Waals surface area contributed by atoms with Gasteiger partial charge in [-0.25, -0.2) is 0 Å². The Morgan fingerprint density at radius 2 is 1.82 bits per heavy atom. The summed E-state index contributed by atoms with van der Waals surface area (Å²) >= 11 is 0. The van der Waals surface area contributed by atoms with E-state index in [2.05, 4.69) is 35.9 Å². The number of nitrogens with zero attached hydrogens (tertiary/aromatic N) is 2. The summed E-state index contributed by atoms with van der Waals surface area (Å²) in [6, 6.07) is 0.590. The fourth-order valence-electron chi connectivity index (χ4n) is 3.56. The van der Waals surface area contributed by atoms with E-state index in [-0.39, 0.29) is 11.4 Å². The van der Waals surface area contributed by atoms with Gasteiger partial charge >= 0.3 is 0 Å². The first-order chi connectivity index (χ1) is 10.5. The van der Waals surface area contributed by atoms with Crippen molar-refractivity contribution < 1.29 is 9.53 Å². The maximum atomic E-state index is 12.2. The SMILES string of the molecule is CCCC(=O)NC1(CN2CCOCC2)CCN(C(C)C)CC1. The maximum absolute atomic E-state index is 12.2. The molecule has 0 saturated carbocycles. The molecule has 0 radical (unpaired) electrons. The van der Waals surface area contributed by atoms with Crippen molar-refractivity contribution in [2.75, 3.05) is 45.9 Å². The number of likely N-dealkylation sites (tertiary alicyclic amines) is 1. The summed E-state index contributed by atoms with van der Waals surface area (Å²) in [5.41, 5.74) is -0.0466. The second-order valence-corrected chi connectivity index (χ2v) is 7.10. The van der Waals surface area contributed by atoms with Gasteiger partial charge in [0, 0.05) is 45.2 Å². The molecule has 0 bridgehead atoms. The Morgan fingerprint density at radius 3 is 2.36 bits per heavy atom. The predicted octanol–water partition coefficient (Wildman–Crippen LogP) is 1.48. The molecule has 0 aromatic heterocycles. The summed E-state index contributed by atoms with van der Waals surface area (Å²) in [6.45, 7) is 13.3. The lowest BCUT2D eigenvalue weighted by Crippen LogP contribution is -2.62. The average Bonchev–Trinajstić information content (AvgIpc) is 2.48. The Labute approximate surface area is 135 Å². The molecule has 0 aliphatic carbocycles. The molecule has 0 spiro atoms. The lowest BCUT2D eigenvalue weighted by molar-refractivity contribution is -0.124. The second kappa shape index (κ2) is 8.27. The predicted molar refractivity (Wildman–Crippen MR) is 89.0 cm³/mol. The van der Waals surface area contributed by atoms with Crippen molar-refractivity contribution in [1.82, 2.24) is 15.1 Å². The maximum Gasteiger partial charge on any atom is 0.220 e. The van der Waals surface area contributed by atoms with E-state index in [0.29, 0.717) is 12.5 Å². The van der Waals surface area contributed by atoms with Crippen LogP contribution in [0.3, 0.4) is 0 Å². The molecule has 128 valence electrons. The topological polar surface area (TPSA) is 44.8 Å². The molecule has 2 fully saturated rings. The van der Waals surface area contributed by atoms with Crippen molar-refractivity contribution in [3.05, 3.63) is 0 Å². The molecular weight excluding hydrogens is 278 g/mol. The fourth-order valence-corrected chi connectivity index (χ4v) is 3.56. The number of hydrogen-bond acceptors (Lipinski definition) is 4. The number of carbonyl (C=O) groups is 1. The van der Waals surface area contributed by atoms with Gasteiger partial charge in [-0.05, 0) is 33.1 Å². The van der Waals surface area contributed by atoms with Crippen molar-refractivity contribution in [3.8, 4) is 0 Å². The number of ether oxygens (including phenoxy) is 1. The van der Waals surface area contributed by atoms with Crippen LogP contribution in [0, 0.1) is 0 Å². The molecule has 1 amide bonds. The quantitative estimate of drug-likeness (QED) is 0.807. The van der Waals surface area contributed by atoms with E-state index >= 15 is 0 Å². The van der Waals surface area contributed by atoms with Crippen molar-refractivity contribution >= 4 is 5.91 Å². The highest BCUT2D eigenvalue weighted by Crippen LogP contribution is 2.25. The minimum absolute atomic E-state index is 0.0466. The third kappa shape index (κ3) is 4.93. The summed E-state index contributed by atoms with van der Waals surface area (Å²) in [5, 5.41) is 3.39. The van der Waals surface area contributed by atoms with Gasteiger partial charge in [0.1, 0.15) is 0 Å². The second-order valence-electron chi connectivity index (χ2n) is 7.10. The number of rotatable bonds is 6. The average molecular weight is 311 g/mol. The van der Waals surface area contributed by atoms with Crippen molar-refractivity contribution in [2.45, 2.75) is 58.0 Å². The molecular formula is C17H33N3O2. The van der Waals surface area contributed by atoms with Gasteiger partial charge in [-0.2, -0.15) is 0 Å². The molecule has 2 rings (SSSR count). The third-order valence-corrected chi connectivity index (χ3v) is 5.00. The Morgan fingerprint density at radius 1 is 1.18 bits per heavy atom. The molecule has 2 aliphatic heterocycles. The Bertz CT molecular complexity index is 346. The van der Waals surface area contributed by atoms with Crippen LogP contribution in [0.2, 0.25) is 0 Å². The number of nitrogens with one attached hydrogen (secondary N) is 1. The fraction of sp³-hybridized carbons (Fsp3) is 0.941. The summed E-state index contributed by atoms with van der Waals surface area (Å²) in [4.78, 5) is 17.2. The summed E-state index contributed by atoms with van der Waals surface area (Å²) < 4.78 is 5.45. The van der Waals surface area contributed by atoms with E-state index in [9.17, 15) is 4.79 Å². The Hall–Kier alpha value is -0.650. The smallest absolute Gasteiger partial charge is 0.220 e. The van der Waals surface area contributed by atoms with E-state index in [0.717, 1.165) is 65.2 Å². The number of amides is 1. The molecule has 5 nitrogen and oxygen atoms in total. The van der Waals surface area contributed by atoms with Gasteiger partial charge in [0.2, 0.25) is 5.91 Å². The highest BCUT2D eigenvalue weighted by Gasteiger charge is 2.38. The van der Waals surface area contributed by atoms with E-state index in [4.69, 9.17) is 4.74 Å². The van der Waals surface area contributed by atoms with Crippen LogP contribution in [0.1, 0.15) is 46.5 Å². The normalized spacial score (nSPS) is 23.6. The number of piperidine rings is 1. The molecule has 5 heteroatoms. The minimum Gasteiger partial charge on any atom is -0.379 e. The molecule has 1 N–H and O–H groups in total. The number of morpholine rings is 1. The summed E-state index contributed by atoms with van der Waals surface area (Å²) in [5.74, 6) is 0.216. The van der Waals surface area contributed by atoms with Gasteiger partial charge in [0.15, 0.2) is 0 Å². The Kier molecular flexibility index (Phi) is 6.66. The lowest BCUT2D eigenvalue weighted by Gasteiger charge is -2.46. The first kappa shape index (κ1) is 17.7. The Balaban J connectivity index is 1.98. The van der Waals surface area contributed by atoms with E-state index < -0.39 is 0 Å². The third-order valence-electron chi connectivity index (χ3n) is 5.00. The molecule has 0 unspecified atom stereocenters. The lowest BCUT2D eigenvalue weighted by atomic mass is 9.85. The van der Waals surface area contributed by atoms with Crippen LogP contribution in [0.25, 0.3) is 0 Å². The van der Waals surface area contributed by atoms with Crippen molar-refractivity contribution in [2.24, 2.45) is 0 Å². The zero-order valence-corrected chi connectivity index (χ0v) is 14.6. The monoisotopic (exact) mass is 311 g/mol. The van der Waals surface area contributed by atoms with Gasteiger partial charge in [0.05, 0.1) is 18.8 Å². The highest BCUT2D eigenvalue weighted by molar-refractivity contribution is 5.76. The van der Waals surface area contributed by atoms with E-state index in [1.54, 1.807) is 0 Å². The summed E-state index contributed by atoms with van der Waals surface area (Å²) in [6.07, 6.45) is 3.66. The first-order valence-electron chi connectivity index (χ1n) is 8.90. The van der Waals surface area contributed by atoms with Gasteiger partial charge in [0.25, 0.3) is 0 Å². The standard InChI is InChI=1S/C17H33N3O2/c1-4-5-16(21)18-17(14-19-10-12-22-13-11-19)6-8-20(9-7-17)15(2)3/h15H,4-14H2,1-3H3,(H,18,21). The largest absolute Gasteiger partial charge is 0.379 e. The minimum atomic E-state index is -0.0466. The number of hydrogen-bond donors (Lipinski definition) is 1. The molecule has 0 atom stereocenters. The molecule has 2 heterocycles. The van der Waals surface area contributed by atoms with E-state index in [1.807, 2.05) is 0 Å². The molecule has 22 heavy (non-hydrogen) atoms. The first-order valence-corrected chi connectivity index (χ1v) is 8.90. The zero-order chi connectivity index (χ0) is 16.0. The van der Waals surface area contributed by atoms with Crippen LogP contribution >= 0.6 is 0 Å². The van der Waals surface area contributed by atoms with Crippen molar-refractivity contribution in [1.29, 1.82) is 0 Å². The summed E-state index contributed by atoms with van der Waals surface area (Å²) in [7, 11) is 0. The highest BCUT2D eigenvalue weighted by atomic mass is 16.5. The molecule has 0 aromatic carbocycles. The molecule has 0 aromatic rings. The van der Waals surface area contributed by atoms with Crippen LogP contribution in [-0.2, 0) is 9.53 Å². The van der Waals surface area contributed by atoms with Crippen LogP contribution < -0.4 is 5.32 Å². The zero-order valence-electron chi connectivity index (χ0n) is 14.6. The van der Waals surface area contributed by atoms with Crippen LogP contribution in [0.15, 0.2) is 0 Å². The van der Waals surface area contributed by atoms with Gasteiger partial charge in [-0.3, -0.25) is 9.69 Å². The molecule has 2 aliphatic rings. The number of carbonyl (C=O) groups excluding carboxylic acids is 1. The van der Waals surface area contributed by atoms with Crippen LogP contribution in [0.4, 0.5) is 0 Å². The van der Waals surface area contributed by atoms with Crippen molar-refractivity contribution in [3.63, 3.8) is 0 Å². The van der Waals surface area contributed by atoms with Gasteiger partial charge < -0.3 is 15.0 Å². The van der Waals surface area contributed by atoms with Gasteiger partial charge in [-0.1, -0.05) is 6.92 Å².